The molecule has 1 aromatic carbocycles. The summed E-state index contributed by atoms with van der Waals surface area (Å²) in [4.78, 5) is 14.1. The number of nitriles is 1. The van der Waals surface area contributed by atoms with Crippen LogP contribution in [0.4, 0.5) is 5.69 Å². The highest BCUT2D eigenvalue weighted by Gasteiger charge is 2.22. The Labute approximate surface area is 136 Å². The second-order valence-electron chi connectivity index (χ2n) is 5.75. The molecular weight excluding hydrogens is 298 g/mol. The molecule has 1 fully saturated rings. The van der Waals surface area contributed by atoms with Crippen molar-refractivity contribution in [1.82, 2.24) is 4.90 Å². The number of benzene rings is 1. The number of anilines is 1. The van der Waals surface area contributed by atoms with Gasteiger partial charge in [0.2, 0.25) is 0 Å². The van der Waals surface area contributed by atoms with Gasteiger partial charge in [-0.25, -0.2) is 0 Å². The summed E-state index contributed by atoms with van der Waals surface area (Å²) in [5.74, 6) is 0.437. The van der Waals surface area contributed by atoms with Crippen molar-refractivity contribution in [2.45, 2.75) is 26.7 Å². The maximum atomic E-state index is 12.3. The first-order valence-electron chi connectivity index (χ1n) is 7.43. The van der Waals surface area contributed by atoms with E-state index < -0.39 is 0 Å². The minimum Gasteiger partial charge on any atom is -0.360 e. The molecule has 1 aliphatic heterocycles. The first-order chi connectivity index (χ1) is 10.5. The second-order valence-corrected chi connectivity index (χ2v) is 6.16. The van der Waals surface area contributed by atoms with E-state index in [0.29, 0.717) is 10.9 Å². The normalized spacial score (nSPS) is 16.3. The SMILES string of the molecule is Cc1ccc(N/C=C(/C#N)C(=O)N2CCC(C)CC2)cc1Cl. The van der Waals surface area contributed by atoms with Crippen LogP contribution in [0.5, 0.6) is 0 Å². The Morgan fingerprint density at radius 1 is 1.45 bits per heavy atom. The number of rotatable bonds is 3. The van der Waals surface area contributed by atoms with Crippen LogP contribution >= 0.6 is 11.6 Å². The Morgan fingerprint density at radius 3 is 2.73 bits per heavy atom. The molecule has 22 heavy (non-hydrogen) atoms. The van der Waals surface area contributed by atoms with Crippen LogP contribution in [-0.2, 0) is 4.79 Å². The third kappa shape index (κ3) is 4.02. The third-order valence-electron chi connectivity index (χ3n) is 3.98. The van der Waals surface area contributed by atoms with Crippen LogP contribution in [0.1, 0.15) is 25.3 Å². The highest BCUT2D eigenvalue weighted by molar-refractivity contribution is 6.31. The van der Waals surface area contributed by atoms with Gasteiger partial charge in [0.15, 0.2) is 0 Å². The Kier molecular flexibility index (Phi) is 5.46. The summed E-state index contributed by atoms with van der Waals surface area (Å²) < 4.78 is 0. The maximum Gasteiger partial charge on any atom is 0.266 e. The summed E-state index contributed by atoms with van der Waals surface area (Å²) in [5.41, 5.74) is 1.85. The monoisotopic (exact) mass is 317 g/mol. The summed E-state index contributed by atoms with van der Waals surface area (Å²) in [5, 5.41) is 12.8. The number of aryl methyl sites for hydroxylation is 1. The Bertz CT molecular complexity index is 625. The zero-order valence-electron chi connectivity index (χ0n) is 12.9. The fourth-order valence-electron chi connectivity index (χ4n) is 2.36. The number of hydrogen-bond acceptors (Lipinski definition) is 3. The van der Waals surface area contributed by atoms with Crippen LogP contribution in [0.3, 0.4) is 0 Å². The van der Waals surface area contributed by atoms with Crippen molar-refractivity contribution in [3.8, 4) is 6.07 Å². The molecule has 0 unspecified atom stereocenters. The van der Waals surface area contributed by atoms with Crippen molar-refractivity contribution in [2.75, 3.05) is 18.4 Å². The number of likely N-dealkylation sites (tertiary alicyclic amines) is 1. The van der Waals surface area contributed by atoms with Gasteiger partial charge in [0.1, 0.15) is 11.6 Å². The average Bonchev–Trinajstić information content (AvgIpc) is 2.52. The highest BCUT2D eigenvalue weighted by atomic mass is 35.5. The summed E-state index contributed by atoms with van der Waals surface area (Å²) in [7, 11) is 0. The maximum absolute atomic E-state index is 12.3. The number of piperidine rings is 1. The van der Waals surface area contributed by atoms with Crippen molar-refractivity contribution < 1.29 is 4.79 Å². The van der Waals surface area contributed by atoms with Gasteiger partial charge in [0.05, 0.1) is 0 Å². The lowest BCUT2D eigenvalue weighted by atomic mass is 9.99. The largest absolute Gasteiger partial charge is 0.360 e. The molecule has 1 heterocycles. The molecular formula is C17H20ClN3O. The fraction of sp³-hybridized carbons (Fsp3) is 0.412. The van der Waals surface area contributed by atoms with Gasteiger partial charge in [-0.3, -0.25) is 4.79 Å². The molecule has 1 aliphatic rings. The summed E-state index contributed by atoms with van der Waals surface area (Å²) >= 11 is 6.06. The smallest absolute Gasteiger partial charge is 0.266 e. The Hall–Kier alpha value is -1.99. The molecule has 0 spiro atoms. The van der Waals surface area contributed by atoms with Crippen LogP contribution < -0.4 is 5.32 Å². The molecule has 0 atom stereocenters. The van der Waals surface area contributed by atoms with Crippen LogP contribution in [-0.4, -0.2) is 23.9 Å². The second kappa shape index (κ2) is 7.33. The van der Waals surface area contributed by atoms with Gasteiger partial charge in [-0.1, -0.05) is 24.6 Å². The zero-order chi connectivity index (χ0) is 16.1. The van der Waals surface area contributed by atoms with Crippen LogP contribution in [0.2, 0.25) is 5.02 Å². The number of hydrogen-bond donors (Lipinski definition) is 1. The van der Waals surface area contributed by atoms with Crippen molar-refractivity contribution >= 4 is 23.2 Å². The molecule has 1 amide bonds. The number of halogens is 1. The minimum absolute atomic E-state index is 0.117. The molecule has 0 bridgehead atoms. The van der Waals surface area contributed by atoms with Gasteiger partial charge in [-0.05, 0) is 43.4 Å². The zero-order valence-corrected chi connectivity index (χ0v) is 13.7. The van der Waals surface area contributed by atoms with Crippen LogP contribution in [0.15, 0.2) is 30.0 Å². The van der Waals surface area contributed by atoms with E-state index in [2.05, 4.69) is 12.2 Å². The lowest BCUT2D eigenvalue weighted by molar-refractivity contribution is -0.128. The first-order valence-corrected chi connectivity index (χ1v) is 7.81. The van der Waals surface area contributed by atoms with Crippen molar-refractivity contribution in [3.63, 3.8) is 0 Å². The lowest BCUT2D eigenvalue weighted by Gasteiger charge is -2.30. The van der Waals surface area contributed by atoms with E-state index in [-0.39, 0.29) is 11.5 Å². The van der Waals surface area contributed by atoms with Crippen LogP contribution in [0, 0.1) is 24.2 Å². The van der Waals surface area contributed by atoms with Gasteiger partial charge < -0.3 is 10.2 Å². The average molecular weight is 318 g/mol. The van der Waals surface area contributed by atoms with Gasteiger partial charge in [-0.15, -0.1) is 0 Å². The summed E-state index contributed by atoms with van der Waals surface area (Å²) in [6.45, 7) is 5.54. The lowest BCUT2D eigenvalue weighted by Crippen LogP contribution is -2.38. The van der Waals surface area contributed by atoms with Crippen molar-refractivity contribution in [3.05, 3.63) is 40.6 Å². The number of carbonyl (C=O) groups is 1. The predicted molar refractivity (Wildman–Crippen MR) is 88.5 cm³/mol. The van der Waals surface area contributed by atoms with E-state index in [1.54, 1.807) is 11.0 Å². The molecule has 0 aromatic heterocycles. The topological polar surface area (TPSA) is 56.1 Å². The minimum atomic E-state index is -0.208. The molecule has 5 heteroatoms. The van der Waals surface area contributed by atoms with E-state index in [1.165, 1.54) is 6.20 Å². The molecule has 1 aromatic rings. The van der Waals surface area contributed by atoms with E-state index in [9.17, 15) is 10.1 Å². The molecule has 1 saturated heterocycles. The van der Waals surface area contributed by atoms with E-state index in [0.717, 1.165) is 37.2 Å². The molecule has 1 N–H and O–H groups in total. The van der Waals surface area contributed by atoms with Gasteiger partial charge >= 0.3 is 0 Å². The molecule has 116 valence electrons. The first kappa shape index (κ1) is 16.4. The van der Waals surface area contributed by atoms with Gasteiger partial charge in [0.25, 0.3) is 5.91 Å². The molecule has 0 saturated carbocycles. The van der Waals surface area contributed by atoms with Gasteiger partial charge in [0, 0.05) is 30.0 Å². The van der Waals surface area contributed by atoms with E-state index >= 15 is 0 Å². The van der Waals surface area contributed by atoms with Crippen LogP contribution in [0.25, 0.3) is 0 Å². The highest BCUT2D eigenvalue weighted by Crippen LogP contribution is 2.21. The van der Waals surface area contributed by atoms with E-state index in [1.807, 2.05) is 25.1 Å². The van der Waals surface area contributed by atoms with E-state index in [4.69, 9.17) is 11.6 Å². The summed E-state index contributed by atoms with van der Waals surface area (Å²) in [6, 6.07) is 7.50. The number of nitrogens with one attached hydrogen (secondary N) is 1. The number of amides is 1. The van der Waals surface area contributed by atoms with Crippen molar-refractivity contribution in [2.24, 2.45) is 5.92 Å². The Morgan fingerprint density at radius 2 is 2.14 bits per heavy atom. The van der Waals surface area contributed by atoms with Crippen molar-refractivity contribution in [1.29, 1.82) is 5.26 Å². The quantitative estimate of drug-likeness (QED) is 0.682. The Balaban J connectivity index is 2.05. The predicted octanol–water partition coefficient (Wildman–Crippen LogP) is 3.73. The molecule has 0 radical (unpaired) electrons. The molecule has 4 nitrogen and oxygen atoms in total. The number of nitrogens with zero attached hydrogens (tertiary/aromatic N) is 2. The fourth-order valence-corrected chi connectivity index (χ4v) is 2.54. The summed E-state index contributed by atoms with van der Waals surface area (Å²) in [6.07, 6.45) is 3.44. The molecule has 2 rings (SSSR count). The van der Waals surface area contributed by atoms with Gasteiger partial charge in [-0.2, -0.15) is 5.26 Å². The number of carbonyl (C=O) groups excluding carboxylic acids is 1. The molecule has 0 aliphatic carbocycles. The standard InChI is InChI=1S/C17H20ClN3O/c1-12-5-7-21(8-6-12)17(22)14(10-19)11-20-15-4-3-13(2)16(18)9-15/h3-4,9,11-12,20H,5-8H2,1-2H3/b14-11-. The third-order valence-corrected chi connectivity index (χ3v) is 4.38.